The Balaban J connectivity index is 1.64. The molecule has 0 spiro atoms. The maximum absolute atomic E-state index is 11.8. The van der Waals surface area contributed by atoms with Gasteiger partial charge in [0.05, 0.1) is 11.1 Å². The van der Waals surface area contributed by atoms with E-state index in [-0.39, 0.29) is 23.5 Å². The summed E-state index contributed by atoms with van der Waals surface area (Å²) in [5, 5.41) is 32.3. The molecule has 126 valence electrons. The van der Waals surface area contributed by atoms with E-state index in [2.05, 4.69) is 20.7 Å². The van der Waals surface area contributed by atoms with Gasteiger partial charge in [-0.1, -0.05) is 12.1 Å². The van der Waals surface area contributed by atoms with Crippen LogP contribution >= 0.6 is 0 Å². The molecule has 0 radical (unpaired) electrons. The molecule has 0 fully saturated rings. The zero-order chi connectivity index (χ0) is 17.8. The van der Waals surface area contributed by atoms with Crippen LogP contribution in [0.25, 0.3) is 11.0 Å². The lowest BCUT2D eigenvalue weighted by Gasteiger charge is -2.00. The number of phenols is 1. The molecule has 2 aromatic carbocycles. The molecule has 10 heteroatoms. The number of hydrogen-bond donors (Lipinski definition) is 2. The van der Waals surface area contributed by atoms with Crippen molar-refractivity contribution in [2.24, 2.45) is 5.10 Å². The third-order valence-electron chi connectivity index (χ3n) is 3.23. The normalized spacial score (nSPS) is 11.0. The summed E-state index contributed by atoms with van der Waals surface area (Å²) in [7, 11) is 0. The van der Waals surface area contributed by atoms with E-state index in [1.165, 1.54) is 16.9 Å². The summed E-state index contributed by atoms with van der Waals surface area (Å²) in [6.07, 6.45) is 1.12. The van der Waals surface area contributed by atoms with E-state index in [4.69, 9.17) is 0 Å². The highest BCUT2D eigenvalue weighted by molar-refractivity contribution is 5.86. The molecule has 0 aliphatic heterocycles. The number of nitro groups is 1. The number of rotatable bonds is 5. The predicted octanol–water partition coefficient (Wildman–Crippen LogP) is 1.20. The molecule has 25 heavy (non-hydrogen) atoms. The van der Waals surface area contributed by atoms with Crippen molar-refractivity contribution in [3.63, 3.8) is 0 Å². The van der Waals surface area contributed by atoms with E-state index in [1.807, 2.05) is 12.1 Å². The Hall–Kier alpha value is -3.82. The summed E-state index contributed by atoms with van der Waals surface area (Å²) in [4.78, 5) is 23.2. The second kappa shape index (κ2) is 6.74. The zero-order valence-electron chi connectivity index (χ0n) is 12.7. The van der Waals surface area contributed by atoms with Gasteiger partial charge in [0, 0.05) is 17.7 Å². The molecule has 0 unspecified atom stereocenters. The first-order chi connectivity index (χ1) is 12.0. The number of fused-ring (bicyclic) bond motifs is 1. The van der Waals surface area contributed by atoms with Crippen LogP contribution in [-0.2, 0) is 11.3 Å². The van der Waals surface area contributed by atoms with Crippen LogP contribution in [0.1, 0.15) is 5.56 Å². The van der Waals surface area contributed by atoms with E-state index in [1.54, 1.807) is 12.1 Å². The lowest BCUT2D eigenvalue weighted by Crippen LogP contribution is -2.24. The van der Waals surface area contributed by atoms with E-state index < -0.39 is 10.8 Å². The molecule has 2 N–H and O–H groups in total. The zero-order valence-corrected chi connectivity index (χ0v) is 12.7. The van der Waals surface area contributed by atoms with Gasteiger partial charge < -0.3 is 5.11 Å². The van der Waals surface area contributed by atoms with E-state index in [9.17, 15) is 20.0 Å². The fraction of sp³-hybridized carbons (Fsp3) is 0.0667. The van der Waals surface area contributed by atoms with Crippen LogP contribution in [0.2, 0.25) is 0 Å². The largest absolute Gasteiger partial charge is 0.507 e. The third kappa shape index (κ3) is 3.75. The molecular weight excluding hydrogens is 328 g/mol. The number of nitrogens with zero attached hydrogens (tertiary/aromatic N) is 5. The van der Waals surface area contributed by atoms with Crippen LogP contribution in [0.15, 0.2) is 47.6 Å². The summed E-state index contributed by atoms with van der Waals surface area (Å²) in [6, 6.07) is 10.7. The molecule has 0 saturated heterocycles. The number of phenolic OH excluding ortho intramolecular Hbond substituents is 1. The minimum atomic E-state index is -0.594. The van der Waals surface area contributed by atoms with Gasteiger partial charge in [0.25, 0.3) is 11.6 Å². The maximum Gasteiger partial charge on any atom is 0.270 e. The maximum atomic E-state index is 11.8. The molecular formula is C15H12N6O4. The molecule has 1 amide bonds. The Morgan fingerprint density at radius 2 is 1.96 bits per heavy atom. The quantitative estimate of drug-likeness (QED) is 0.407. The number of carbonyl (C=O) groups is 1. The van der Waals surface area contributed by atoms with Gasteiger partial charge in [-0.25, -0.2) is 5.43 Å². The van der Waals surface area contributed by atoms with Crippen molar-refractivity contribution in [2.75, 3.05) is 0 Å². The Labute approximate surface area is 140 Å². The third-order valence-corrected chi connectivity index (χ3v) is 3.23. The monoisotopic (exact) mass is 340 g/mol. The van der Waals surface area contributed by atoms with Crippen molar-refractivity contribution in [1.29, 1.82) is 0 Å². The van der Waals surface area contributed by atoms with E-state index in [0.717, 1.165) is 12.3 Å². The number of aromatic nitrogens is 3. The van der Waals surface area contributed by atoms with Gasteiger partial charge in [-0.2, -0.15) is 20.1 Å². The van der Waals surface area contributed by atoms with Gasteiger partial charge in [0.1, 0.15) is 23.3 Å². The average Bonchev–Trinajstić information content (AvgIpc) is 2.98. The van der Waals surface area contributed by atoms with Crippen molar-refractivity contribution >= 4 is 28.8 Å². The van der Waals surface area contributed by atoms with Gasteiger partial charge in [-0.3, -0.25) is 14.9 Å². The molecule has 0 atom stereocenters. The Bertz CT molecular complexity index is 948. The number of carbonyl (C=O) groups excluding carboxylic acids is 1. The van der Waals surface area contributed by atoms with Gasteiger partial charge in [-0.05, 0) is 18.2 Å². The van der Waals surface area contributed by atoms with Crippen molar-refractivity contribution in [1.82, 2.24) is 20.4 Å². The molecule has 3 rings (SSSR count). The van der Waals surface area contributed by atoms with Crippen molar-refractivity contribution in [3.05, 3.63) is 58.1 Å². The van der Waals surface area contributed by atoms with Crippen LogP contribution in [0.3, 0.4) is 0 Å². The molecule has 1 aromatic heterocycles. The number of hydrazone groups is 1. The lowest BCUT2D eigenvalue weighted by atomic mass is 10.2. The topological polar surface area (TPSA) is 136 Å². The molecule has 1 heterocycles. The number of amides is 1. The highest BCUT2D eigenvalue weighted by atomic mass is 16.6. The van der Waals surface area contributed by atoms with Crippen LogP contribution in [-0.4, -0.2) is 37.1 Å². The van der Waals surface area contributed by atoms with E-state index >= 15 is 0 Å². The number of nitro benzene ring substituents is 1. The average molecular weight is 340 g/mol. The number of benzene rings is 2. The number of hydrogen-bond acceptors (Lipinski definition) is 7. The van der Waals surface area contributed by atoms with Crippen molar-refractivity contribution in [2.45, 2.75) is 6.54 Å². The van der Waals surface area contributed by atoms with E-state index in [0.29, 0.717) is 11.0 Å². The summed E-state index contributed by atoms with van der Waals surface area (Å²) < 4.78 is 0. The Morgan fingerprint density at radius 3 is 2.60 bits per heavy atom. The highest BCUT2D eigenvalue weighted by Gasteiger charge is 2.09. The van der Waals surface area contributed by atoms with Gasteiger partial charge >= 0.3 is 0 Å². The fourth-order valence-corrected chi connectivity index (χ4v) is 2.07. The molecule has 0 aliphatic carbocycles. The van der Waals surface area contributed by atoms with Crippen molar-refractivity contribution < 1.29 is 14.8 Å². The minimum absolute atomic E-state index is 0.109. The molecule has 0 bridgehead atoms. The summed E-state index contributed by atoms with van der Waals surface area (Å²) >= 11 is 0. The van der Waals surface area contributed by atoms with Crippen LogP contribution < -0.4 is 5.43 Å². The standard InChI is InChI=1S/C15H12N6O4/c22-14-6-5-11(21(24)25)7-10(14)8-16-17-15(23)9-20-18-12-3-1-2-4-13(12)19-20/h1-8,22H,9H2,(H,17,23)/b16-8+. The Morgan fingerprint density at radius 1 is 1.28 bits per heavy atom. The second-order valence-corrected chi connectivity index (χ2v) is 5.01. The number of aromatic hydroxyl groups is 1. The molecule has 3 aromatic rings. The molecule has 10 nitrogen and oxygen atoms in total. The predicted molar refractivity (Wildman–Crippen MR) is 88.0 cm³/mol. The number of nitrogens with one attached hydrogen (secondary N) is 1. The SMILES string of the molecule is O=C(Cn1nc2ccccc2n1)N/N=C/c1cc([N+](=O)[O-])ccc1O. The lowest BCUT2D eigenvalue weighted by molar-refractivity contribution is -0.384. The summed E-state index contributed by atoms with van der Waals surface area (Å²) in [6.45, 7) is -0.146. The van der Waals surface area contributed by atoms with Gasteiger partial charge in [0.15, 0.2) is 0 Å². The Kier molecular flexibility index (Phi) is 4.33. The van der Waals surface area contributed by atoms with Crippen LogP contribution in [0.5, 0.6) is 5.75 Å². The van der Waals surface area contributed by atoms with Gasteiger partial charge in [-0.15, -0.1) is 0 Å². The first-order valence-corrected chi connectivity index (χ1v) is 7.12. The number of non-ortho nitro benzene ring substituents is 1. The molecule has 0 aliphatic rings. The second-order valence-electron chi connectivity index (χ2n) is 5.01. The summed E-state index contributed by atoms with van der Waals surface area (Å²) in [5.74, 6) is -0.676. The molecule has 0 saturated carbocycles. The smallest absolute Gasteiger partial charge is 0.270 e. The fourth-order valence-electron chi connectivity index (χ4n) is 2.07. The van der Waals surface area contributed by atoms with Gasteiger partial charge in [0.2, 0.25) is 0 Å². The summed E-state index contributed by atoms with van der Waals surface area (Å²) in [5.41, 5.74) is 3.49. The first-order valence-electron chi connectivity index (χ1n) is 7.12. The highest BCUT2D eigenvalue weighted by Crippen LogP contribution is 2.21. The first kappa shape index (κ1) is 16.1. The van der Waals surface area contributed by atoms with Crippen LogP contribution in [0, 0.1) is 10.1 Å². The van der Waals surface area contributed by atoms with Crippen molar-refractivity contribution in [3.8, 4) is 5.75 Å². The van der Waals surface area contributed by atoms with Crippen LogP contribution in [0.4, 0.5) is 5.69 Å². The minimum Gasteiger partial charge on any atom is -0.507 e.